The molecule has 0 amide bonds. The molecule has 3 heterocycles. The normalized spacial score (nSPS) is 21.7. The van der Waals surface area contributed by atoms with Gasteiger partial charge in [-0.3, -0.25) is 0 Å². The summed E-state index contributed by atoms with van der Waals surface area (Å²) in [5, 5.41) is 5.60. The van der Waals surface area contributed by atoms with Crippen LogP contribution < -0.4 is 5.32 Å². The van der Waals surface area contributed by atoms with Crippen LogP contribution in [0.5, 0.6) is 0 Å². The van der Waals surface area contributed by atoms with Gasteiger partial charge in [0.25, 0.3) is 0 Å². The minimum atomic E-state index is 0.0798. The summed E-state index contributed by atoms with van der Waals surface area (Å²) >= 11 is 1.67. The lowest BCUT2D eigenvalue weighted by atomic mass is 10.0. The van der Waals surface area contributed by atoms with Crippen LogP contribution in [-0.2, 0) is 4.74 Å². The average molecular weight is 297 g/mol. The number of benzene rings is 1. The third-order valence-electron chi connectivity index (χ3n) is 3.79. The fraction of sp³-hybridized carbons (Fsp3) is 0.250. The number of hydrogen-bond donors (Lipinski definition) is 1. The number of thiophene rings is 1. The minimum absolute atomic E-state index is 0.0798. The number of hydrogen-bond acceptors (Lipinski definition) is 5. The first-order valence-corrected chi connectivity index (χ1v) is 7.91. The number of nitrogens with zero attached hydrogens (tertiary/aromatic N) is 2. The van der Waals surface area contributed by atoms with Crippen LogP contribution in [0.25, 0.3) is 10.2 Å². The predicted molar refractivity (Wildman–Crippen MR) is 84.6 cm³/mol. The SMILES string of the molecule is c1ccc(C2OCCC2Nc2ncnc3ccsc23)cc1. The summed E-state index contributed by atoms with van der Waals surface area (Å²) in [7, 11) is 0. The molecule has 0 aliphatic carbocycles. The number of anilines is 1. The maximum Gasteiger partial charge on any atom is 0.147 e. The predicted octanol–water partition coefficient (Wildman–Crippen LogP) is 3.63. The minimum Gasteiger partial charge on any atom is -0.371 e. The molecular weight excluding hydrogens is 282 g/mol. The van der Waals surface area contributed by atoms with Crippen LogP contribution in [0, 0.1) is 0 Å². The monoisotopic (exact) mass is 297 g/mol. The Kier molecular flexibility index (Phi) is 3.29. The molecule has 4 rings (SSSR count). The molecule has 0 radical (unpaired) electrons. The molecule has 1 N–H and O–H groups in total. The Morgan fingerprint density at radius 3 is 2.95 bits per heavy atom. The summed E-state index contributed by atoms with van der Waals surface area (Å²) < 4.78 is 7.02. The Bertz CT molecular complexity index is 743. The van der Waals surface area contributed by atoms with Gasteiger partial charge in [-0.15, -0.1) is 11.3 Å². The first-order chi connectivity index (χ1) is 10.4. The molecule has 1 aliphatic rings. The average Bonchev–Trinajstić information content (AvgIpc) is 3.17. The van der Waals surface area contributed by atoms with Crippen molar-refractivity contribution >= 4 is 27.4 Å². The van der Waals surface area contributed by atoms with E-state index in [9.17, 15) is 0 Å². The molecule has 2 unspecified atom stereocenters. The van der Waals surface area contributed by atoms with E-state index in [-0.39, 0.29) is 12.1 Å². The van der Waals surface area contributed by atoms with Crippen molar-refractivity contribution < 1.29 is 4.74 Å². The molecule has 4 nitrogen and oxygen atoms in total. The van der Waals surface area contributed by atoms with Crippen LogP contribution in [-0.4, -0.2) is 22.6 Å². The van der Waals surface area contributed by atoms with Gasteiger partial charge in [0.1, 0.15) is 18.2 Å². The Hall–Kier alpha value is -1.98. The van der Waals surface area contributed by atoms with Gasteiger partial charge in [-0.05, 0) is 23.4 Å². The second-order valence-electron chi connectivity index (χ2n) is 5.10. The molecule has 2 aromatic heterocycles. The zero-order valence-corrected chi connectivity index (χ0v) is 12.2. The van der Waals surface area contributed by atoms with E-state index in [1.54, 1.807) is 17.7 Å². The van der Waals surface area contributed by atoms with Gasteiger partial charge < -0.3 is 10.1 Å². The van der Waals surface area contributed by atoms with Crippen LogP contribution >= 0.6 is 11.3 Å². The Morgan fingerprint density at radius 1 is 1.14 bits per heavy atom. The van der Waals surface area contributed by atoms with Crippen molar-refractivity contribution in [1.29, 1.82) is 0 Å². The maximum atomic E-state index is 5.91. The van der Waals surface area contributed by atoms with Crippen LogP contribution in [0.2, 0.25) is 0 Å². The first kappa shape index (κ1) is 12.7. The van der Waals surface area contributed by atoms with Crippen molar-refractivity contribution in [1.82, 2.24) is 9.97 Å². The molecule has 1 saturated heterocycles. The van der Waals surface area contributed by atoms with Crippen molar-refractivity contribution in [3.05, 3.63) is 53.7 Å². The molecule has 0 saturated carbocycles. The second kappa shape index (κ2) is 5.42. The summed E-state index contributed by atoms with van der Waals surface area (Å²) in [4.78, 5) is 8.69. The highest BCUT2D eigenvalue weighted by molar-refractivity contribution is 7.17. The third-order valence-corrected chi connectivity index (χ3v) is 4.70. The van der Waals surface area contributed by atoms with Gasteiger partial charge in [0.2, 0.25) is 0 Å². The zero-order chi connectivity index (χ0) is 14.1. The Morgan fingerprint density at radius 2 is 2.05 bits per heavy atom. The van der Waals surface area contributed by atoms with E-state index in [1.165, 1.54) is 5.56 Å². The van der Waals surface area contributed by atoms with E-state index in [1.807, 2.05) is 17.5 Å². The van der Waals surface area contributed by atoms with Crippen molar-refractivity contribution in [3.63, 3.8) is 0 Å². The lowest BCUT2D eigenvalue weighted by Crippen LogP contribution is -2.23. The number of ether oxygens (including phenoxy) is 1. The smallest absolute Gasteiger partial charge is 0.147 e. The van der Waals surface area contributed by atoms with Crippen LogP contribution in [0.1, 0.15) is 18.1 Å². The largest absolute Gasteiger partial charge is 0.371 e. The molecule has 0 spiro atoms. The highest BCUT2D eigenvalue weighted by atomic mass is 32.1. The summed E-state index contributed by atoms with van der Waals surface area (Å²) in [6.07, 6.45) is 2.68. The maximum absolute atomic E-state index is 5.91. The Labute approximate surface area is 126 Å². The van der Waals surface area contributed by atoms with E-state index in [2.05, 4.69) is 39.6 Å². The van der Waals surface area contributed by atoms with E-state index < -0.39 is 0 Å². The number of fused-ring (bicyclic) bond motifs is 1. The van der Waals surface area contributed by atoms with Gasteiger partial charge in [-0.2, -0.15) is 0 Å². The Balaban J connectivity index is 1.63. The van der Waals surface area contributed by atoms with Crippen molar-refractivity contribution in [3.8, 4) is 0 Å². The molecule has 1 fully saturated rings. The third kappa shape index (κ3) is 2.39. The van der Waals surface area contributed by atoms with Crippen LogP contribution in [0.4, 0.5) is 5.82 Å². The number of rotatable bonds is 3. The number of nitrogens with one attached hydrogen (secondary N) is 1. The van der Waals surface area contributed by atoms with E-state index >= 15 is 0 Å². The highest BCUT2D eigenvalue weighted by Gasteiger charge is 2.30. The number of aromatic nitrogens is 2. The molecule has 0 bridgehead atoms. The van der Waals surface area contributed by atoms with Crippen molar-refractivity contribution in [2.45, 2.75) is 18.6 Å². The molecule has 1 aromatic carbocycles. The van der Waals surface area contributed by atoms with Gasteiger partial charge in [-0.1, -0.05) is 30.3 Å². The molecular formula is C16H15N3OS. The summed E-state index contributed by atoms with van der Waals surface area (Å²) in [5.41, 5.74) is 2.21. The summed E-state index contributed by atoms with van der Waals surface area (Å²) in [6, 6.07) is 12.6. The lowest BCUT2D eigenvalue weighted by molar-refractivity contribution is 0.107. The van der Waals surface area contributed by atoms with Crippen molar-refractivity contribution in [2.75, 3.05) is 11.9 Å². The zero-order valence-electron chi connectivity index (χ0n) is 11.4. The lowest BCUT2D eigenvalue weighted by Gasteiger charge is -2.20. The molecule has 1 aliphatic heterocycles. The van der Waals surface area contributed by atoms with Crippen LogP contribution in [0.15, 0.2) is 48.1 Å². The highest BCUT2D eigenvalue weighted by Crippen LogP contribution is 2.33. The van der Waals surface area contributed by atoms with E-state index in [0.29, 0.717) is 0 Å². The quantitative estimate of drug-likeness (QED) is 0.802. The van der Waals surface area contributed by atoms with E-state index in [0.717, 1.165) is 29.1 Å². The molecule has 2 atom stereocenters. The summed E-state index contributed by atoms with van der Waals surface area (Å²) in [6.45, 7) is 0.774. The van der Waals surface area contributed by atoms with Gasteiger partial charge in [-0.25, -0.2) is 9.97 Å². The summed E-state index contributed by atoms with van der Waals surface area (Å²) in [5.74, 6) is 0.909. The van der Waals surface area contributed by atoms with Gasteiger partial charge >= 0.3 is 0 Å². The molecule has 21 heavy (non-hydrogen) atoms. The van der Waals surface area contributed by atoms with Crippen molar-refractivity contribution in [2.24, 2.45) is 0 Å². The first-order valence-electron chi connectivity index (χ1n) is 7.03. The van der Waals surface area contributed by atoms with Gasteiger partial charge in [0.05, 0.1) is 16.3 Å². The standard InChI is InChI=1S/C16H15N3OS/c1-2-4-11(5-3-1)14-12(6-8-20-14)19-16-15-13(7-9-21-15)17-10-18-16/h1-5,7,9-10,12,14H,6,8H2,(H,17,18,19). The van der Waals surface area contributed by atoms with Crippen LogP contribution in [0.3, 0.4) is 0 Å². The molecule has 106 valence electrons. The topological polar surface area (TPSA) is 47.0 Å². The van der Waals surface area contributed by atoms with Gasteiger partial charge in [0.15, 0.2) is 0 Å². The molecule has 3 aromatic rings. The fourth-order valence-electron chi connectivity index (χ4n) is 2.78. The van der Waals surface area contributed by atoms with Gasteiger partial charge in [0, 0.05) is 6.61 Å². The second-order valence-corrected chi connectivity index (χ2v) is 6.01. The molecule has 5 heteroatoms. The van der Waals surface area contributed by atoms with E-state index in [4.69, 9.17) is 4.74 Å². The fourth-order valence-corrected chi connectivity index (χ4v) is 3.57.